The molecule has 2 N–H and O–H groups in total. The molecule has 0 atom stereocenters. The molecule has 0 aliphatic heterocycles. The molecular weight excluding hydrogens is 439 g/mol. The number of hydrogen-bond donors (Lipinski definition) is 2. The van der Waals surface area contributed by atoms with E-state index in [1.54, 1.807) is 31.2 Å². The summed E-state index contributed by atoms with van der Waals surface area (Å²) in [6.45, 7) is 5.81. The van der Waals surface area contributed by atoms with Crippen molar-refractivity contribution >= 4 is 23.4 Å². The zero-order valence-corrected chi connectivity index (χ0v) is 19.3. The number of phenolic OH excluding ortho intramolecular Hbond substituents is 1. The molecular formula is C25H23FN4O2S. The largest absolute Gasteiger partial charge is 0.507 e. The highest BCUT2D eigenvalue weighted by molar-refractivity contribution is 7.99. The Balaban J connectivity index is 1.66. The molecule has 168 valence electrons. The maximum Gasteiger partial charge on any atom is 0.234 e. The Morgan fingerprint density at radius 3 is 2.58 bits per heavy atom. The number of benzene rings is 3. The quantitative estimate of drug-likeness (QED) is 0.373. The monoisotopic (exact) mass is 462 g/mol. The van der Waals surface area contributed by atoms with Crippen molar-refractivity contribution in [1.82, 2.24) is 14.8 Å². The fourth-order valence-electron chi connectivity index (χ4n) is 3.52. The third-order valence-corrected chi connectivity index (χ3v) is 6.11. The van der Waals surface area contributed by atoms with Crippen molar-refractivity contribution in [2.45, 2.75) is 25.9 Å². The Morgan fingerprint density at radius 2 is 1.82 bits per heavy atom. The molecule has 3 aromatic carbocycles. The number of aromatic hydroxyl groups is 1. The van der Waals surface area contributed by atoms with Crippen LogP contribution in [0.25, 0.3) is 17.1 Å². The molecule has 8 heteroatoms. The maximum absolute atomic E-state index is 13.6. The number of anilines is 1. The zero-order chi connectivity index (χ0) is 23.5. The molecule has 33 heavy (non-hydrogen) atoms. The van der Waals surface area contributed by atoms with Crippen molar-refractivity contribution in [2.24, 2.45) is 0 Å². The smallest absolute Gasteiger partial charge is 0.234 e. The molecule has 0 aliphatic rings. The molecule has 0 spiro atoms. The highest BCUT2D eigenvalue weighted by atomic mass is 32.2. The zero-order valence-electron chi connectivity index (χ0n) is 18.5. The number of nitrogens with one attached hydrogen (secondary N) is 1. The van der Waals surface area contributed by atoms with Gasteiger partial charge in [0, 0.05) is 5.69 Å². The van der Waals surface area contributed by atoms with E-state index in [0.29, 0.717) is 22.2 Å². The summed E-state index contributed by atoms with van der Waals surface area (Å²) in [7, 11) is 0. The highest BCUT2D eigenvalue weighted by Gasteiger charge is 2.20. The van der Waals surface area contributed by atoms with E-state index in [0.717, 1.165) is 22.4 Å². The van der Waals surface area contributed by atoms with Crippen LogP contribution in [0.3, 0.4) is 0 Å². The van der Waals surface area contributed by atoms with Gasteiger partial charge in [0.2, 0.25) is 5.91 Å². The van der Waals surface area contributed by atoms with Crippen LogP contribution < -0.4 is 5.32 Å². The number of rotatable bonds is 6. The van der Waals surface area contributed by atoms with Gasteiger partial charge in [-0.3, -0.25) is 9.36 Å². The number of thioether (sulfide) groups is 1. The Morgan fingerprint density at radius 1 is 1.03 bits per heavy atom. The topological polar surface area (TPSA) is 80.0 Å². The van der Waals surface area contributed by atoms with Crippen LogP contribution in [0.2, 0.25) is 0 Å². The normalized spacial score (nSPS) is 10.9. The molecule has 4 aromatic rings. The standard InChI is InChI=1S/C25H23FN4O2S/c1-15-8-11-21(17(3)12-15)30-24(19-6-4-5-7-22(19)31)28-29-25(30)33-14-23(32)27-20-13-18(26)10-9-16(20)2/h4-13,31H,14H2,1-3H3,(H,27,32). The number of phenols is 1. The molecule has 0 saturated heterocycles. The average Bonchev–Trinajstić information content (AvgIpc) is 3.18. The van der Waals surface area contributed by atoms with Crippen LogP contribution >= 0.6 is 11.8 Å². The Kier molecular flexibility index (Phi) is 6.46. The lowest BCUT2D eigenvalue weighted by molar-refractivity contribution is -0.113. The summed E-state index contributed by atoms with van der Waals surface area (Å²) < 4.78 is 15.4. The molecule has 1 heterocycles. The van der Waals surface area contributed by atoms with Gasteiger partial charge >= 0.3 is 0 Å². The van der Waals surface area contributed by atoms with Gasteiger partial charge in [0.25, 0.3) is 0 Å². The SMILES string of the molecule is Cc1ccc(-n2c(SCC(=O)Nc3cc(F)ccc3C)nnc2-c2ccccc2O)c(C)c1. The second-order valence-electron chi connectivity index (χ2n) is 7.74. The molecule has 0 radical (unpaired) electrons. The minimum Gasteiger partial charge on any atom is -0.507 e. The van der Waals surface area contributed by atoms with Crippen LogP contribution in [0, 0.1) is 26.6 Å². The minimum atomic E-state index is -0.412. The molecule has 0 aliphatic carbocycles. The number of nitrogens with zero attached hydrogens (tertiary/aromatic N) is 3. The van der Waals surface area contributed by atoms with Crippen molar-refractivity contribution < 1.29 is 14.3 Å². The van der Waals surface area contributed by atoms with E-state index < -0.39 is 5.82 Å². The molecule has 1 amide bonds. The van der Waals surface area contributed by atoms with Gasteiger partial charge in [0.1, 0.15) is 11.6 Å². The fraction of sp³-hybridized carbons (Fsp3) is 0.160. The third kappa shape index (κ3) is 4.90. The number of hydrogen-bond acceptors (Lipinski definition) is 5. The van der Waals surface area contributed by atoms with Crippen LogP contribution in [0.5, 0.6) is 5.75 Å². The Bertz CT molecular complexity index is 1340. The summed E-state index contributed by atoms with van der Waals surface area (Å²) in [5.74, 6) is -0.0751. The van der Waals surface area contributed by atoms with Crippen LogP contribution in [-0.4, -0.2) is 31.5 Å². The summed E-state index contributed by atoms with van der Waals surface area (Å²) in [6, 6.07) is 17.2. The molecule has 6 nitrogen and oxygen atoms in total. The summed E-state index contributed by atoms with van der Waals surface area (Å²) in [5.41, 5.74) is 4.73. The van der Waals surface area contributed by atoms with E-state index in [4.69, 9.17) is 0 Å². The van der Waals surface area contributed by atoms with Crippen LogP contribution in [0.1, 0.15) is 16.7 Å². The molecule has 1 aromatic heterocycles. The Hall–Kier alpha value is -3.65. The average molecular weight is 463 g/mol. The minimum absolute atomic E-state index is 0.0553. The second-order valence-corrected chi connectivity index (χ2v) is 8.69. The van der Waals surface area contributed by atoms with Gasteiger partial charge in [-0.2, -0.15) is 0 Å². The van der Waals surface area contributed by atoms with Crippen molar-refractivity contribution in [2.75, 3.05) is 11.1 Å². The van der Waals surface area contributed by atoms with Gasteiger partial charge in [-0.25, -0.2) is 4.39 Å². The van der Waals surface area contributed by atoms with Crippen LogP contribution in [0.15, 0.2) is 65.8 Å². The molecule has 0 saturated carbocycles. The predicted molar refractivity (Wildman–Crippen MR) is 128 cm³/mol. The van der Waals surface area contributed by atoms with Crippen molar-refractivity contribution in [1.29, 1.82) is 0 Å². The summed E-state index contributed by atoms with van der Waals surface area (Å²) >= 11 is 1.22. The predicted octanol–water partition coefficient (Wildman–Crippen LogP) is 5.44. The molecule has 0 unspecified atom stereocenters. The second kappa shape index (κ2) is 9.46. The Labute approximate surface area is 195 Å². The number of carbonyl (C=O) groups excluding carboxylic acids is 1. The van der Waals surface area contributed by atoms with E-state index in [1.807, 2.05) is 36.6 Å². The van der Waals surface area contributed by atoms with Crippen molar-refractivity contribution in [3.63, 3.8) is 0 Å². The molecule has 0 bridgehead atoms. The van der Waals surface area contributed by atoms with Gasteiger partial charge in [0.15, 0.2) is 11.0 Å². The van der Waals surface area contributed by atoms with E-state index in [9.17, 15) is 14.3 Å². The number of aromatic nitrogens is 3. The fourth-order valence-corrected chi connectivity index (χ4v) is 4.26. The van der Waals surface area contributed by atoms with Gasteiger partial charge in [-0.15, -0.1) is 10.2 Å². The first-order valence-corrected chi connectivity index (χ1v) is 11.3. The number of halogens is 1. The van der Waals surface area contributed by atoms with Crippen molar-refractivity contribution in [3.05, 3.63) is 83.2 Å². The highest BCUT2D eigenvalue weighted by Crippen LogP contribution is 2.33. The van der Waals surface area contributed by atoms with E-state index in [-0.39, 0.29) is 17.4 Å². The lowest BCUT2D eigenvalue weighted by Crippen LogP contribution is -2.15. The summed E-state index contributed by atoms with van der Waals surface area (Å²) in [4.78, 5) is 12.6. The molecule has 4 rings (SSSR count). The van der Waals surface area contributed by atoms with Gasteiger partial charge in [-0.05, 0) is 62.2 Å². The summed E-state index contributed by atoms with van der Waals surface area (Å²) in [5, 5.41) is 22.3. The lowest BCUT2D eigenvalue weighted by atomic mass is 10.1. The van der Waals surface area contributed by atoms with E-state index in [2.05, 4.69) is 21.6 Å². The summed E-state index contributed by atoms with van der Waals surface area (Å²) in [6.07, 6.45) is 0. The molecule has 0 fully saturated rings. The van der Waals surface area contributed by atoms with Crippen LogP contribution in [-0.2, 0) is 4.79 Å². The maximum atomic E-state index is 13.6. The first-order chi connectivity index (χ1) is 15.8. The number of amides is 1. The first kappa shape index (κ1) is 22.5. The first-order valence-electron chi connectivity index (χ1n) is 10.3. The van der Waals surface area contributed by atoms with Crippen molar-refractivity contribution in [3.8, 4) is 22.8 Å². The van der Waals surface area contributed by atoms with E-state index in [1.165, 1.54) is 23.9 Å². The number of para-hydroxylation sites is 1. The van der Waals surface area contributed by atoms with E-state index >= 15 is 0 Å². The van der Waals surface area contributed by atoms with Gasteiger partial charge in [0.05, 0.1) is 17.0 Å². The lowest BCUT2D eigenvalue weighted by Gasteiger charge is -2.14. The number of aryl methyl sites for hydroxylation is 3. The van der Waals surface area contributed by atoms with Gasteiger partial charge < -0.3 is 10.4 Å². The van der Waals surface area contributed by atoms with Crippen LogP contribution in [0.4, 0.5) is 10.1 Å². The number of carbonyl (C=O) groups is 1. The van der Waals surface area contributed by atoms with Gasteiger partial charge in [-0.1, -0.05) is 47.7 Å². The third-order valence-electron chi connectivity index (χ3n) is 5.18.